The Kier molecular flexibility index (Phi) is 4.46. The number of para-hydroxylation sites is 1. The van der Waals surface area contributed by atoms with Crippen LogP contribution >= 0.6 is 0 Å². The smallest absolute Gasteiger partial charge is 0.317 e. The van der Waals surface area contributed by atoms with Crippen molar-refractivity contribution in [3.05, 3.63) is 83.9 Å². The van der Waals surface area contributed by atoms with Crippen molar-refractivity contribution in [2.45, 2.75) is 25.9 Å². The highest BCUT2D eigenvalue weighted by molar-refractivity contribution is 6.16. The zero-order valence-corrected chi connectivity index (χ0v) is 15.3. The molecule has 136 valence electrons. The lowest BCUT2D eigenvalue weighted by atomic mass is 10.0. The molecule has 0 aliphatic carbocycles. The number of benzene rings is 2. The van der Waals surface area contributed by atoms with Gasteiger partial charge in [0.05, 0.1) is 11.4 Å². The van der Waals surface area contributed by atoms with E-state index in [-0.39, 0.29) is 5.92 Å². The molecule has 0 fully saturated rings. The Morgan fingerprint density at radius 3 is 2.52 bits per heavy atom. The standard InChI is InChI=1S/C21H21N5O/c1-13(2)20-25-26-21(27-20)24-19-14(3)22-17-12-8-7-11-16(17)18(23-19)15-9-5-4-6-10-15/h4-13,19,22H,3H2,1-2H3,(H,24,26). The topological polar surface area (TPSA) is 75.3 Å². The Balaban J connectivity index is 1.75. The first-order valence-electron chi connectivity index (χ1n) is 8.90. The van der Waals surface area contributed by atoms with Crippen LogP contribution in [0.15, 0.2) is 76.3 Å². The number of nitrogens with zero attached hydrogens (tertiary/aromatic N) is 3. The second-order valence-electron chi connectivity index (χ2n) is 6.69. The molecule has 0 saturated heterocycles. The molecule has 0 radical (unpaired) electrons. The average Bonchev–Trinajstić information content (AvgIpc) is 3.10. The zero-order valence-electron chi connectivity index (χ0n) is 15.3. The molecule has 2 heterocycles. The molecule has 1 aliphatic rings. The van der Waals surface area contributed by atoms with E-state index in [0.717, 1.165) is 22.5 Å². The van der Waals surface area contributed by atoms with Crippen LogP contribution in [0.2, 0.25) is 0 Å². The quantitative estimate of drug-likeness (QED) is 0.722. The fraction of sp³-hybridized carbons (Fsp3) is 0.190. The largest absolute Gasteiger partial charge is 0.408 e. The SMILES string of the molecule is C=C1Nc2ccccc2C(c2ccccc2)=NC1Nc1nnc(C(C)C)o1. The van der Waals surface area contributed by atoms with Crippen LogP contribution < -0.4 is 10.6 Å². The van der Waals surface area contributed by atoms with E-state index < -0.39 is 6.17 Å². The van der Waals surface area contributed by atoms with E-state index in [2.05, 4.69) is 27.4 Å². The zero-order chi connectivity index (χ0) is 18.8. The Hall–Kier alpha value is -3.41. The third-order valence-corrected chi connectivity index (χ3v) is 4.31. The number of nitrogens with one attached hydrogen (secondary N) is 2. The van der Waals surface area contributed by atoms with E-state index >= 15 is 0 Å². The fourth-order valence-corrected chi connectivity index (χ4v) is 2.91. The summed E-state index contributed by atoms with van der Waals surface area (Å²) < 4.78 is 5.68. The maximum Gasteiger partial charge on any atom is 0.317 e. The van der Waals surface area contributed by atoms with Crippen LogP contribution in [0.5, 0.6) is 0 Å². The van der Waals surface area contributed by atoms with Crippen LogP contribution in [0.3, 0.4) is 0 Å². The molecular weight excluding hydrogens is 338 g/mol. The predicted molar refractivity (Wildman–Crippen MR) is 107 cm³/mol. The first-order valence-corrected chi connectivity index (χ1v) is 8.90. The first-order chi connectivity index (χ1) is 13.1. The van der Waals surface area contributed by atoms with Crippen molar-refractivity contribution in [1.82, 2.24) is 10.2 Å². The third-order valence-electron chi connectivity index (χ3n) is 4.31. The van der Waals surface area contributed by atoms with Gasteiger partial charge in [-0.2, -0.15) is 0 Å². The minimum absolute atomic E-state index is 0.163. The predicted octanol–water partition coefficient (Wildman–Crippen LogP) is 4.41. The van der Waals surface area contributed by atoms with E-state index in [1.165, 1.54) is 0 Å². The molecule has 1 aliphatic heterocycles. The summed E-state index contributed by atoms with van der Waals surface area (Å²) >= 11 is 0. The van der Waals surface area contributed by atoms with Gasteiger partial charge in [0.1, 0.15) is 0 Å². The van der Waals surface area contributed by atoms with Gasteiger partial charge >= 0.3 is 6.01 Å². The van der Waals surface area contributed by atoms with Crippen molar-refractivity contribution in [2.75, 3.05) is 10.6 Å². The molecule has 2 aromatic carbocycles. The first kappa shape index (κ1) is 17.0. The molecule has 3 aromatic rings. The Bertz CT molecular complexity index is 991. The Labute approximate surface area is 158 Å². The monoisotopic (exact) mass is 359 g/mol. The Morgan fingerprint density at radius 2 is 1.78 bits per heavy atom. The number of anilines is 2. The van der Waals surface area contributed by atoms with Gasteiger partial charge in [0, 0.05) is 22.7 Å². The van der Waals surface area contributed by atoms with E-state index in [1.54, 1.807) is 0 Å². The molecule has 2 N–H and O–H groups in total. The summed E-state index contributed by atoms with van der Waals surface area (Å²) in [5.41, 5.74) is 4.59. The van der Waals surface area contributed by atoms with Gasteiger partial charge < -0.3 is 15.1 Å². The van der Waals surface area contributed by atoms with Crippen molar-refractivity contribution < 1.29 is 4.42 Å². The van der Waals surface area contributed by atoms with Crippen LogP contribution in [0.4, 0.5) is 11.7 Å². The summed E-state index contributed by atoms with van der Waals surface area (Å²) in [6.45, 7) is 8.16. The summed E-state index contributed by atoms with van der Waals surface area (Å²) in [5.74, 6) is 0.747. The lowest BCUT2D eigenvalue weighted by Gasteiger charge is -2.15. The number of benzodiazepines with no additional fused rings is 1. The van der Waals surface area contributed by atoms with E-state index in [1.807, 2.05) is 68.4 Å². The summed E-state index contributed by atoms with van der Waals surface area (Å²) in [7, 11) is 0. The van der Waals surface area contributed by atoms with Gasteiger partial charge in [-0.25, -0.2) is 0 Å². The van der Waals surface area contributed by atoms with Crippen LogP contribution in [0, 0.1) is 0 Å². The number of fused-ring (bicyclic) bond motifs is 1. The molecule has 0 bridgehead atoms. The van der Waals surface area contributed by atoms with Gasteiger partial charge in [-0.15, -0.1) is 5.10 Å². The lowest BCUT2D eigenvalue weighted by Crippen LogP contribution is -2.23. The number of hydrogen-bond donors (Lipinski definition) is 2. The van der Waals surface area contributed by atoms with Crippen molar-refractivity contribution in [1.29, 1.82) is 0 Å². The molecule has 6 nitrogen and oxygen atoms in total. The summed E-state index contributed by atoms with van der Waals surface area (Å²) in [6.07, 6.45) is -0.451. The van der Waals surface area contributed by atoms with Crippen molar-refractivity contribution >= 4 is 17.4 Å². The van der Waals surface area contributed by atoms with Gasteiger partial charge in [0.2, 0.25) is 5.89 Å². The molecule has 0 amide bonds. The Morgan fingerprint density at radius 1 is 1.04 bits per heavy atom. The van der Waals surface area contributed by atoms with E-state index in [0.29, 0.717) is 17.6 Å². The number of rotatable bonds is 4. The molecule has 0 saturated carbocycles. The number of hydrogen-bond acceptors (Lipinski definition) is 6. The van der Waals surface area contributed by atoms with Gasteiger partial charge in [0.15, 0.2) is 6.17 Å². The average molecular weight is 359 g/mol. The molecule has 0 spiro atoms. The van der Waals surface area contributed by atoms with Gasteiger partial charge in [-0.3, -0.25) is 4.99 Å². The van der Waals surface area contributed by atoms with Crippen molar-refractivity contribution in [3.8, 4) is 0 Å². The van der Waals surface area contributed by atoms with Gasteiger partial charge in [0.25, 0.3) is 0 Å². The summed E-state index contributed by atoms with van der Waals surface area (Å²) in [5, 5.41) is 14.7. The molecular formula is C21H21N5O. The lowest BCUT2D eigenvalue weighted by molar-refractivity contribution is 0.478. The van der Waals surface area contributed by atoms with Crippen LogP contribution in [0.1, 0.15) is 36.8 Å². The van der Waals surface area contributed by atoms with E-state index in [9.17, 15) is 0 Å². The second kappa shape index (κ2) is 7.07. The molecule has 27 heavy (non-hydrogen) atoms. The molecule has 4 rings (SSSR count). The summed E-state index contributed by atoms with van der Waals surface area (Å²) in [6, 6.07) is 18.5. The van der Waals surface area contributed by atoms with Gasteiger partial charge in [-0.05, 0) is 6.07 Å². The highest BCUT2D eigenvalue weighted by atomic mass is 16.4. The second-order valence-corrected chi connectivity index (χ2v) is 6.69. The molecule has 1 aromatic heterocycles. The fourth-order valence-electron chi connectivity index (χ4n) is 2.91. The van der Waals surface area contributed by atoms with Crippen molar-refractivity contribution in [2.24, 2.45) is 4.99 Å². The van der Waals surface area contributed by atoms with Crippen LogP contribution in [-0.4, -0.2) is 22.1 Å². The maximum absolute atomic E-state index is 5.68. The minimum Gasteiger partial charge on any atom is -0.408 e. The number of aromatic nitrogens is 2. The van der Waals surface area contributed by atoms with Crippen molar-refractivity contribution in [3.63, 3.8) is 0 Å². The highest BCUT2D eigenvalue weighted by Crippen LogP contribution is 2.27. The summed E-state index contributed by atoms with van der Waals surface area (Å²) in [4.78, 5) is 4.93. The van der Waals surface area contributed by atoms with E-state index in [4.69, 9.17) is 9.41 Å². The minimum atomic E-state index is -0.451. The molecule has 1 atom stereocenters. The molecule has 1 unspecified atom stereocenters. The normalized spacial score (nSPS) is 16.3. The van der Waals surface area contributed by atoms with Crippen LogP contribution in [0.25, 0.3) is 0 Å². The highest BCUT2D eigenvalue weighted by Gasteiger charge is 2.23. The molecule has 6 heteroatoms. The maximum atomic E-state index is 5.68. The van der Waals surface area contributed by atoms with Crippen LogP contribution in [-0.2, 0) is 0 Å². The number of aliphatic imine (C=N–C) groups is 1. The third kappa shape index (κ3) is 3.46. The van der Waals surface area contributed by atoms with Gasteiger partial charge in [-0.1, -0.05) is 74.1 Å².